The molecule has 1 atom stereocenters. The van der Waals surface area contributed by atoms with Crippen molar-refractivity contribution in [2.75, 3.05) is 38.5 Å². The fourth-order valence-corrected chi connectivity index (χ4v) is 4.88. The summed E-state index contributed by atoms with van der Waals surface area (Å²) in [6, 6.07) is 0.239. The summed E-state index contributed by atoms with van der Waals surface area (Å²) in [5.74, 6) is -0.0954. The molecule has 0 spiro atoms. The second kappa shape index (κ2) is 10.9. The van der Waals surface area contributed by atoms with Crippen molar-refractivity contribution in [3.63, 3.8) is 0 Å². The molecule has 9 heteroatoms. The van der Waals surface area contributed by atoms with Gasteiger partial charge in [-0.1, -0.05) is 18.7 Å². The van der Waals surface area contributed by atoms with Crippen LogP contribution in [-0.2, 0) is 4.79 Å². The van der Waals surface area contributed by atoms with E-state index in [-0.39, 0.29) is 24.2 Å². The van der Waals surface area contributed by atoms with Crippen LogP contribution in [0.4, 0.5) is 0 Å². The molecular formula is C17H27N3O4S2. The lowest BCUT2D eigenvalue weighted by molar-refractivity contribution is -0.128. The Morgan fingerprint density at radius 3 is 2.96 bits per heavy atom. The zero-order chi connectivity index (χ0) is 18.9. The van der Waals surface area contributed by atoms with Crippen molar-refractivity contribution >= 4 is 35.0 Å². The van der Waals surface area contributed by atoms with Gasteiger partial charge in [0.1, 0.15) is 0 Å². The molecule has 1 aromatic rings. The molecule has 7 nitrogen and oxygen atoms in total. The van der Waals surface area contributed by atoms with Gasteiger partial charge >= 0.3 is 5.97 Å². The van der Waals surface area contributed by atoms with Crippen LogP contribution in [0, 0.1) is 0 Å². The molecule has 2 N–H and O–H groups in total. The maximum absolute atomic E-state index is 12.2. The molecule has 0 aromatic carbocycles. The predicted molar refractivity (Wildman–Crippen MR) is 103 cm³/mol. The zero-order valence-corrected chi connectivity index (χ0v) is 16.7. The number of thioether (sulfide) groups is 1. The Bertz CT molecular complexity index is 596. The van der Waals surface area contributed by atoms with E-state index in [1.165, 1.54) is 23.1 Å². The molecule has 0 bridgehead atoms. The van der Waals surface area contributed by atoms with Gasteiger partial charge in [0.05, 0.1) is 0 Å². The average Bonchev–Trinajstić information content (AvgIpc) is 3.22. The lowest BCUT2D eigenvalue weighted by Crippen LogP contribution is -2.43. The number of carbonyl (C=O) groups excluding carboxylic acids is 1. The number of amides is 1. The molecule has 1 saturated heterocycles. The number of rotatable bonds is 12. The van der Waals surface area contributed by atoms with Gasteiger partial charge in [0.25, 0.3) is 0 Å². The number of aliphatic hydroxyl groups excluding tert-OH is 1. The summed E-state index contributed by atoms with van der Waals surface area (Å²) < 4.78 is 0.727. The summed E-state index contributed by atoms with van der Waals surface area (Å²) in [4.78, 5) is 31.5. The molecule has 0 aliphatic carbocycles. The number of thiazole rings is 1. The minimum absolute atomic E-state index is 0.0779. The van der Waals surface area contributed by atoms with Crippen LogP contribution in [0.25, 0.3) is 0 Å². The molecule has 1 aliphatic rings. The molecular weight excluding hydrogens is 374 g/mol. The summed E-state index contributed by atoms with van der Waals surface area (Å²) >= 11 is 2.83. The minimum Gasteiger partial charge on any atom is -0.476 e. The fraction of sp³-hybridized carbons (Fsp3) is 0.706. The molecule has 2 heterocycles. The molecule has 2 rings (SSSR count). The molecule has 1 aliphatic heterocycles. The highest BCUT2D eigenvalue weighted by Gasteiger charge is 2.31. The van der Waals surface area contributed by atoms with Gasteiger partial charge in [0.15, 0.2) is 10.0 Å². The number of aromatic carboxylic acids is 1. The number of nitrogens with zero attached hydrogens (tertiary/aromatic N) is 3. The Kier molecular flexibility index (Phi) is 8.83. The van der Waals surface area contributed by atoms with Gasteiger partial charge in [-0.05, 0) is 32.4 Å². The Labute approximate surface area is 162 Å². The smallest absolute Gasteiger partial charge is 0.355 e. The number of hydrogen-bond donors (Lipinski definition) is 2. The van der Waals surface area contributed by atoms with Gasteiger partial charge < -0.3 is 20.0 Å². The summed E-state index contributed by atoms with van der Waals surface area (Å²) in [5.41, 5.74) is 0.0779. The van der Waals surface area contributed by atoms with E-state index in [2.05, 4.69) is 16.8 Å². The van der Waals surface area contributed by atoms with Gasteiger partial charge in [0.2, 0.25) is 5.91 Å². The molecule has 1 fully saturated rings. The normalized spacial score (nSPS) is 17.4. The van der Waals surface area contributed by atoms with Crippen molar-refractivity contribution in [2.45, 2.75) is 43.0 Å². The fourth-order valence-electron chi connectivity index (χ4n) is 3.07. The van der Waals surface area contributed by atoms with Crippen LogP contribution in [0.15, 0.2) is 9.72 Å². The van der Waals surface area contributed by atoms with Crippen molar-refractivity contribution < 1.29 is 19.8 Å². The van der Waals surface area contributed by atoms with Crippen LogP contribution in [0.5, 0.6) is 0 Å². The first-order valence-electron chi connectivity index (χ1n) is 8.99. The van der Waals surface area contributed by atoms with Gasteiger partial charge in [0, 0.05) is 43.3 Å². The number of aliphatic hydroxyl groups is 1. The first kappa shape index (κ1) is 21.1. The number of aromatic nitrogens is 1. The maximum atomic E-state index is 12.2. The Morgan fingerprint density at radius 1 is 1.50 bits per heavy atom. The third-order valence-electron chi connectivity index (χ3n) is 4.51. The Morgan fingerprint density at radius 2 is 2.31 bits per heavy atom. The largest absolute Gasteiger partial charge is 0.476 e. The lowest BCUT2D eigenvalue weighted by atomic mass is 10.2. The second-order valence-electron chi connectivity index (χ2n) is 6.26. The van der Waals surface area contributed by atoms with E-state index >= 15 is 0 Å². The quantitative estimate of drug-likeness (QED) is 0.409. The van der Waals surface area contributed by atoms with Gasteiger partial charge in [-0.3, -0.25) is 4.79 Å². The zero-order valence-electron chi connectivity index (χ0n) is 15.1. The highest BCUT2D eigenvalue weighted by molar-refractivity contribution is 8.01. The number of carboxylic acid groups (broad SMARTS) is 1. The standard InChI is InChI=1S/C17H27N3O4S2/c1-2-19(7-3-4-9-21)11-13-5-6-15(22)20(13)8-10-25-17-18-14(12-26-17)16(23)24/h12-13,21H,2-11H2,1H3,(H,23,24)/t13-/m1/s1. The first-order chi connectivity index (χ1) is 12.5. The molecule has 146 valence electrons. The van der Waals surface area contributed by atoms with Crippen LogP contribution < -0.4 is 0 Å². The van der Waals surface area contributed by atoms with Crippen molar-refractivity contribution in [3.05, 3.63) is 11.1 Å². The van der Waals surface area contributed by atoms with Crippen molar-refractivity contribution in [1.82, 2.24) is 14.8 Å². The maximum Gasteiger partial charge on any atom is 0.355 e. The highest BCUT2D eigenvalue weighted by atomic mass is 32.2. The number of likely N-dealkylation sites (tertiary alicyclic amines) is 1. The summed E-state index contributed by atoms with van der Waals surface area (Å²) in [6.45, 7) is 5.77. The van der Waals surface area contributed by atoms with Crippen LogP contribution >= 0.6 is 23.1 Å². The summed E-state index contributed by atoms with van der Waals surface area (Å²) in [7, 11) is 0. The predicted octanol–water partition coefficient (Wildman–Crippen LogP) is 2.02. The molecule has 26 heavy (non-hydrogen) atoms. The van der Waals surface area contributed by atoms with E-state index in [4.69, 9.17) is 10.2 Å². The van der Waals surface area contributed by atoms with E-state index in [1.54, 1.807) is 5.38 Å². The Hall–Kier alpha value is -1.16. The van der Waals surface area contributed by atoms with Crippen molar-refractivity contribution in [1.29, 1.82) is 0 Å². The van der Waals surface area contributed by atoms with Crippen molar-refractivity contribution in [3.8, 4) is 0 Å². The van der Waals surface area contributed by atoms with Crippen LogP contribution in [0.1, 0.15) is 43.1 Å². The van der Waals surface area contributed by atoms with E-state index in [9.17, 15) is 9.59 Å². The van der Waals surface area contributed by atoms with E-state index in [0.29, 0.717) is 18.7 Å². The average molecular weight is 402 g/mol. The third-order valence-corrected chi connectivity index (χ3v) is 6.51. The first-order valence-corrected chi connectivity index (χ1v) is 10.9. The van der Waals surface area contributed by atoms with Gasteiger partial charge in [-0.25, -0.2) is 9.78 Å². The van der Waals surface area contributed by atoms with Crippen molar-refractivity contribution in [2.24, 2.45) is 0 Å². The number of carbonyl (C=O) groups is 2. The molecule has 1 aromatic heterocycles. The second-order valence-corrected chi connectivity index (χ2v) is 8.46. The van der Waals surface area contributed by atoms with E-state index < -0.39 is 5.97 Å². The molecule has 0 radical (unpaired) electrons. The van der Waals surface area contributed by atoms with Gasteiger partial charge in [-0.15, -0.1) is 11.3 Å². The van der Waals surface area contributed by atoms with Gasteiger partial charge in [-0.2, -0.15) is 0 Å². The molecule has 1 amide bonds. The van der Waals surface area contributed by atoms with Crippen LogP contribution in [0.2, 0.25) is 0 Å². The van der Waals surface area contributed by atoms with E-state index in [1.807, 2.05) is 4.90 Å². The van der Waals surface area contributed by atoms with E-state index in [0.717, 1.165) is 43.2 Å². The molecule has 0 saturated carbocycles. The number of unbranched alkanes of at least 4 members (excludes halogenated alkanes) is 1. The summed E-state index contributed by atoms with van der Waals surface area (Å²) in [6.07, 6.45) is 3.27. The van der Waals surface area contributed by atoms with Crippen LogP contribution in [-0.4, -0.2) is 81.5 Å². The third kappa shape index (κ3) is 6.22. The lowest BCUT2D eigenvalue weighted by Gasteiger charge is -2.30. The summed E-state index contributed by atoms with van der Waals surface area (Å²) in [5, 5.41) is 19.4. The van der Waals surface area contributed by atoms with Crippen LogP contribution in [0.3, 0.4) is 0 Å². The Balaban J connectivity index is 1.81. The molecule has 0 unspecified atom stereocenters. The monoisotopic (exact) mass is 401 g/mol. The number of likely N-dealkylation sites (N-methyl/N-ethyl adjacent to an activating group) is 1. The minimum atomic E-state index is -1.01. The number of hydrogen-bond acceptors (Lipinski definition) is 7. The number of carboxylic acids is 1. The highest BCUT2D eigenvalue weighted by Crippen LogP contribution is 2.25. The topological polar surface area (TPSA) is 94.0 Å². The SMILES string of the molecule is CCN(CCCCO)C[C@H]1CCC(=O)N1CCSc1nc(C(=O)O)cs1.